The smallest absolute Gasteiger partial charge is 0.339 e. The number of benzene rings is 4. The molecule has 5 rings (SSSR count). The first-order chi connectivity index (χ1) is 15.0. The average Bonchev–Trinajstić information content (AvgIpc) is 2.82. The Morgan fingerprint density at radius 3 is 2.06 bits per heavy atom. The average molecular weight is 404 g/mol. The minimum absolute atomic E-state index is 0.0524. The van der Waals surface area contributed by atoms with Crippen LogP contribution in [0.15, 0.2) is 91.5 Å². The fourth-order valence-electron chi connectivity index (χ4n) is 4.36. The fraction of sp³-hybridized carbons (Fsp3) is 0.0714. The van der Waals surface area contributed by atoms with Crippen molar-refractivity contribution in [1.29, 1.82) is 0 Å². The van der Waals surface area contributed by atoms with Crippen LogP contribution < -0.4 is 0 Å². The van der Waals surface area contributed by atoms with Crippen LogP contribution in [0.2, 0.25) is 0 Å². The molecule has 0 aliphatic heterocycles. The van der Waals surface area contributed by atoms with Crippen LogP contribution in [0.1, 0.15) is 49.9 Å². The van der Waals surface area contributed by atoms with Gasteiger partial charge in [-0.25, -0.2) is 4.79 Å². The van der Waals surface area contributed by atoms with Crippen LogP contribution in [0.3, 0.4) is 0 Å². The number of hydrogen-bond acceptors (Lipinski definition) is 3. The van der Waals surface area contributed by atoms with Crippen LogP contribution in [-0.2, 0) is 10.3 Å². The van der Waals surface area contributed by atoms with E-state index in [9.17, 15) is 9.59 Å². The number of carbonyl (C=O) groups is 2. The molecule has 0 aromatic heterocycles. The topological polar surface area (TPSA) is 43.4 Å². The van der Waals surface area contributed by atoms with E-state index in [0.717, 1.165) is 16.3 Å². The Morgan fingerprint density at radius 1 is 0.839 bits per heavy atom. The molecule has 0 radical (unpaired) electrons. The molecule has 0 heterocycles. The largest absolute Gasteiger partial charge is 0.446 e. The zero-order valence-corrected chi connectivity index (χ0v) is 17.1. The van der Waals surface area contributed by atoms with Crippen LogP contribution in [-0.4, -0.2) is 11.8 Å². The van der Waals surface area contributed by atoms with Crippen molar-refractivity contribution in [2.45, 2.75) is 12.5 Å². The summed E-state index contributed by atoms with van der Waals surface area (Å²) in [4.78, 5) is 26.3. The molecular weight excluding hydrogens is 384 g/mol. The van der Waals surface area contributed by atoms with Gasteiger partial charge in [0.1, 0.15) is 0 Å². The van der Waals surface area contributed by atoms with Crippen LogP contribution >= 0.6 is 0 Å². The Labute approximate surface area is 180 Å². The maximum Gasteiger partial charge on any atom is 0.339 e. The van der Waals surface area contributed by atoms with Gasteiger partial charge in [-0.15, -0.1) is 0 Å². The second-order valence-electron chi connectivity index (χ2n) is 7.87. The fourth-order valence-corrected chi connectivity index (χ4v) is 4.36. The van der Waals surface area contributed by atoms with Crippen molar-refractivity contribution in [3.63, 3.8) is 0 Å². The van der Waals surface area contributed by atoms with Crippen molar-refractivity contribution in [2.75, 3.05) is 0 Å². The van der Waals surface area contributed by atoms with Gasteiger partial charge in [0, 0.05) is 22.3 Å². The number of esters is 1. The summed E-state index contributed by atoms with van der Waals surface area (Å²) in [6.45, 7) is 5.65. The SMILES string of the molecule is C=Cc1ccc2cc(C(=O)OC3(C)c4ccccc4C(=O)c4ccccc43)ccc2c1. The van der Waals surface area contributed by atoms with E-state index >= 15 is 0 Å². The third kappa shape index (κ3) is 2.98. The number of hydrogen-bond donors (Lipinski definition) is 0. The lowest BCUT2D eigenvalue weighted by Crippen LogP contribution is -2.37. The summed E-state index contributed by atoms with van der Waals surface area (Å²) >= 11 is 0. The Balaban J connectivity index is 1.59. The zero-order valence-electron chi connectivity index (χ0n) is 17.1. The molecule has 0 saturated carbocycles. The zero-order chi connectivity index (χ0) is 21.6. The van der Waals surface area contributed by atoms with Crippen LogP contribution in [0.25, 0.3) is 16.8 Å². The number of rotatable bonds is 3. The van der Waals surface area contributed by atoms with Gasteiger partial charge in [0.2, 0.25) is 0 Å². The van der Waals surface area contributed by atoms with Crippen molar-refractivity contribution >= 4 is 28.6 Å². The van der Waals surface area contributed by atoms with E-state index < -0.39 is 11.6 Å². The molecule has 0 bridgehead atoms. The van der Waals surface area contributed by atoms with Gasteiger partial charge >= 0.3 is 5.97 Å². The van der Waals surface area contributed by atoms with E-state index in [0.29, 0.717) is 27.8 Å². The predicted octanol–water partition coefficient (Wildman–Crippen LogP) is 6.15. The van der Waals surface area contributed by atoms with Gasteiger partial charge in [-0.1, -0.05) is 79.4 Å². The molecule has 1 aliphatic rings. The first-order valence-electron chi connectivity index (χ1n) is 10.1. The van der Waals surface area contributed by atoms with Crippen molar-refractivity contribution < 1.29 is 14.3 Å². The highest BCUT2D eigenvalue weighted by molar-refractivity contribution is 6.13. The summed E-state index contributed by atoms with van der Waals surface area (Å²) in [5.41, 5.74) is 2.94. The molecule has 150 valence electrons. The second-order valence-corrected chi connectivity index (χ2v) is 7.87. The van der Waals surface area contributed by atoms with Gasteiger partial charge in [0.25, 0.3) is 0 Å². The predicted molar refractivity (Wildman–Crippen MR) is 122 cm³/mol. The van der Waals surface area contributed by atoms with Gasteiger partial charge in [0.15, 0.2) is 11.4 Å². The first-order valence-corrected chi connectivity index (χ1v) is 10.1. The van der Waals surface area contributed by atoms with E-state index in [1.807, 2.05) is 73.7 Å². The molecule has 0 fully saturated rings. The van der Waals surface area contributed by atoms with Gasteiger partial charge < -0.3 is 4.74 Å². The summed E-state index contributed by atoms with van der Waals surface area (Å²) in [5, 5.41) is 1.98. The minimum atomic E-state index is -1.07. The monoisotopic (exact) mass is 404 g/mol. The third-order valence-electron chi connectivity index (χ3n) is 6.00. The molecule has 3 heteroatoms. The lowest BCUT2D eigenvalue weighted by molar-refractivity contribution is 0.00481. The van der Waals surface area contributed by atoms with E-state index in [4.69, 9.17) is 4.74 Å². The molecule has 1 aliphatic carbocycles. The van der Waals surface area contributed by atoms with Crippen LogP contribution in [0, 0.1) is 0 Å². The minimum Gasteiger partial charge on any atom is -0.446 e. The van der Waals surface area contributed by atoms with Crippen LogP contribution in [0.4, 0.5) is 0 Å². The Hall–Kier alpha value is -3.98. The maximum absolute atomic E-state index is 13.3. The van der Waals surface area contributed by atoms with E-state index in [2.05, 4.69) is 6.58 Å². The maximum atomic E-state index is 13.3. The van der Waals surface area contributed by atoms with E-state index in [1.165, 1.54) is 0 Å². The van der Waals surface area contributed by atoms with Crippen molar-refractivity contribution in [3.8, 4) is 0 Å². The van der Waals surface area contributed by atoms with Crippen molar-refractivity contribution in [1.82, 2.24) is 0 Å². The molecular formula is C28H20O3. The molecule has 3 nitrogen and oxygen atoms in total. The van der Waals surface area contributed by atoms with Gasteiger partial charge in [-0.2, -0.15) is 0 Å². The van der Waals surface area contributed by atoms with Crippen LogP contribution in [0.5, 0.6) is 0 Å². The van der Waals surface area contributed by atoms with E-state index in [1.54, 1.807) is 24.3 Å². The first kappa shape index (κ1) is 19.0. The molecule has 31 heavy (non-hydrogen) atoms. The number of ether oxygens (including phenoxy) is 1. The molecule has 4 aromatic carbocycles. The molecule has 0 amide bonds. The third-order valence-corrected chi connectivity index (χ3v) is 6.00. The Bertz CT molecular complexity index is 1330. The van der Waals surface area contributed by atoms with Crippen molar-refractivity contribution in [2.24, 2.45) is 0 Å². The summed E-state index contributed by atoms with van der Waals surface area (Å²) < 4.78 is 6.15. The number of fused-ring (bicyclic) bond motifs is 3. The molecule has 0 unspecified atom stereocenters. The summed E-state index contributed by atoms with van der Waals surface area (Å²) in [5.74, 6) is -0.486. The Kier molecular flexibility index (Phi) is 4.33. The lowest BCUT2D eigenvalue weighted by Gasteiger charge is -2.36. The molecule has 4 aromatic rings. The summed E-state index contributed by atoms with van der Waals surface area (Å²) in [7, 11) is 0. The summed E-state index contributed by atoms with van der Waals surface area (Å²) in [6.07, 6.45) is 1.79. The molecule has 0 N–H and O–H groups in total. The summed E-state index contributed by atoms with van der Waals surface area (Å²) in [6, 6.07) is 26.1. The van der Waals surface area contributed by atoms with Gasteiger partial charge in [-0.05, 0) is 41.5 Å². The highest BCUT2D eigenvalue weighted by atomic mass is 16.6. The number of carbonyl (C=O) groups excluding carboxylic acids is 2. The van der Waals surface area contributed by atoms with Gasteiger partial charge in [0.05, 0.1) is 5.56 Å². The normalized spacial score (nSPS) is 13.9. The highest BCUT2D eigenvalue weighted by Crippen LogP contribution is 2.42. The second kappa shape index (κ2) is 7.06. The molecule has 0 saturated heterocycles. The number of ketones is 1. The molecule has 0 spiro atoms. The van der Waals surface area contributed by atoms with E-state index in [-0.39, 0.29) is 5.78 Å². The Morgan fingerprint density at radius 2 is 1.42 bits per heavy atom. The van der Waals surface area contributed by atoms with Crippen molar-refractivity contribution in [3.05, 3.63) is 125 Å². The highest BCUT2D eigenvalue weighted by Gasteiger charge is 2.43. The quantitative estimate of drug-likeness (QED) is 0.385. The lowest BCUT2D eigenvalue weighted by atomic mass is 9.75. The van der Waals surface area contributed by atoms with Gasteiger partial charge in [-0.3, -0.25) is 4.79 Å². The standard InChI is InChI=1S/C28H20O3/c1-3-18-12-13-20-17-21(15-14-19(20)16-18)27(30)31-28(2)24-10-6-4-8-22(24)26(29)23-9-5-7-11-25(23)28/h3-17H,1H2,2H3. The molecule has 0 atom stereocenters.